The van der Waals surface area contributed by atoms with Gasteiger partial charge in [0.05, 0.1) is 24.2 Å². The number of aliphatic hydroxyl groups excluding tert-OH is 1. The van der Waals surface area contributed by atoms with Crippen LogP contribution in [0.2, 0.25) is 0 Å². The third kappa shape index (κ3) is 3.70. The fourth-order valence-corrected chi connectivity index (χ4v) is 6.50. The van der Waals surface area contributed by atoms with Gasteiger partial charge in [-0.05, 0) is 38.7 Å². The van der Waals surface area contributed by atoms with Gasteiger partial charge in [-0.25, -0.2) is 0 Å². The molecule has 2 saturated heterocycles. The lowest BCUT2D eigenvalue weighted by Gasteiger charge is -2.41. The SMILES string of the molecule is CCCC(C)N1CC=C[C@]23O[C@@]4(C)C=CCOC(=O)[C@H]4[C@H]2C(=O)N([C@@H](CO)CC(C)C)C3C1=O. The van der Waals surface area contributed by atoms with Gasteiger partial charge >= 0.3 is 5.97 Å². The third-order valence-electron chi connectivity index (χ3n) is 7.87. The number of amides is 2. The summed E-state index contributed by atoms with van der Waals surface area (Å²) in [5, 5.41) is 10.3. The highest BCUT2D eigenvalue weighted by Crippen LogP contribution is 2.57. The van der Waals surface area contributed by atoms with Gasteiger partial charge in [0, 0.05) is 12.6 Å². The molecule has 4 heterocycles. The zero-order valence-corrected chi connectivity index (χ0v) is 20.9. The van der Waals surface area contributed by atoms with Crippen molar-refractivity contribution in [3.8, 4) is 0 Å². The van der Waals surface area contributed by atoms with Gasteiger partial charge in [0.25, 0.3) is 0 Å². The molecule has 0 saturated carbocycles. The van der Waals surface area contributed by atoms with E-state index in [0.29, 0.717) is 13.0 Å². The summed E-state index contributed by atoms with van der Waals surface area (Å²) in [5.41, 5.74) is -2.38. The number of hydrogen-bond acceptors (Lipinski definition) is 6. The zero-order valence-electron chi connectivity index (χ0n) is 20.9. The predicted octanol–water partition coefficient (Wildman–Crippen LogP) is 2.06. The highest BCUT2D eigenvalue weighted by Gasteiger charge is 2.75. The number of aliphatic hydroxyl groups is 1. The van der Waals surface area contributed by atoms with Crippen molar-refractivity contribution in [3.63, 3.8) is 0 Å². The van der Waals surface area contributed by atoms with Crippen LogP contribution in [0.15, 0.2) is 24.3 Å². The van der Waals surface area contributed by atoms with Crippen molar-refractivity contribution >= 4 is 17.8 Å². The molecule has 0 aliphatic carbocycles. The van der Waals surface area contributed by atoms with Gasteiger partial charge in [-0.1, -0.05) is 45.4 Å². The summed E-state index contributed by atoms with van der Waals surface area (Å²) in [6.45, 7) is 10.2. The van der Waals surface area contributed by atoms with Crippen molar-refractivity contribution in [1.29, 1.82) is 0 Å². The van der Waals surface area contributed by atoms with Crippen LogP contribution in [0.25, 0.3) is 0 Å². The van der Waals surface area contributed by atoms with Crippen LogP contribution in [-0.2, 0) is 23.9 Å². The highest BCUT2D eigenvalue weighted by atomic mass is 16.6. The molecule has 1 N–H and O–H groups in total. The standard InChI is InChI=1S/C26H38N2O6/c1-6-9-17(4)27-12-7-11-26-19(20-24(32)33-13-8-10-25(20,5)34-26)22(30)28(21(26)23(27)31)18(15-29)14-16(2)3/h7-8,10-11,16-21,29H,6,9,12-15H2,1-5H3/t17?,18-,19+,20-,21?,25+,26+/m1/s1. The van der Waals surface area contributed by atoms with Gasteiger partial charge in [-0.15, -0.1) is 0 Å². The Hall–Kier alpha value is -2.19. The number of cyclic esters (lactones) is 1. The molecule has 8 heteroatoms. The fraction of sp³-hybridized carbons (Fsp3) is 0.731. The Morgan fingerprint density at radius 2 is 1.85 bits per heavy atom. The summed E-state index contributed by atoms with van der Waals surface area (Å²) in [7, 11) is 0. The molecule has 0 aromatic rings. The van der Waals surface area contributed by atoms with E-state index in [1.807, 2.05) is 32.9 Å². The van der Waals surface area contributed by atoms with E-state index < -0.39 is 41.1 Å². The number of fused-ring (bicyclic) bond motifs is 2. The molecule has 4 aliphatic rings. The van der Waals surface area contributed by atoms with E-state index in [-0.39, 0.29) is 37.0 Å². The summed E-state index contributed by atoms with van der Waals surface area (Å²) < 4.78 is 12.1. The molecule has 4 rings (SSSR count). The highest BCUT2D eigenvalue weighted by molar-refractivity contribution is 5.99. The van der Waals surface area contributed by atoms with E-state index in [2.05, 4.69) is 6.92 Å². The van der Waals surface area contributed by atoms with Gasteiger partial charge in [0.1, 0.15) is 24.2 Å². The maximum atomic E-state index is 14.2. The van der Waals surface area contributed by atoms with Crippen molar-refractivity contribution < 1.29 is 29.0 Å². The molecule has 188 valence electrons. The Bertz CT molecular complexity index is 900. The topological polar surface area (TPSA) is 96.4 Å². The molecule has 0 bridgehead atoms. The van der Waals surface area contributed by atoms with E-state index in [1.165, 1.54) is 4.90 Å². The number of hydrogen-bond donors (Lipinski definition) is 1. The number of likely N-dealkylation sites (tertiary alicyclic amines) is 1. The number of esters is 1. The molecule has 0 aromatic carbocycles. The van der Waals surface area contributed by atoms with Crippen molar-refractivity contribution in [2.75, 3.05) is 19.8 Å². The number of ether oxygens (including phenoxy) is 2. The van der Waals surface area contributed by atoms with Gasteiger partial charge in [0.2, 0.25) is 11.8 Å². The molecule has 4 aliphatic heterocycles. The molecule has 0 aromatic heterocycles. The van der Waals surface area contributed by atoms with Crippen LogP contribution in [0.3, 0.4) is 0 Å². The Balaban J connectivity index is 1.87. The normalized spacial score (nSPS) is 36.7. The maximum Gasteiger partial charge on any atom is 0.313 e. The van der Waals surface area contributed by atoms with Crippen molar-refractivity contribution in [1.82, 2.24) is 9.80 Å². The lowest BCUT2D eigenvalue weighted by atomic mass is 9.74. The van der Waals surface area contributed by atoms with E-state index in [4.69, 9.17) is 9.47 Å². The largest absolute Gasteiger partial charge is 0.461 e. The van der Waals surface area contributed by atoms with E-state index in [0.717, 1.165) is 12.8 Å². The molecule has 2 fully saturated rings. The first kappa shape index (κ1) is 24.9. The minimum atomic E-state index is -1.31. The van der Waals surface area contributed by atoms with Gasteiger partial charge in [-0.3, -0.25) is 14.4 Å². The van der Waals surface area contributed by atoms with Crippen molar-refractivity contribution in [3.05, 3.63) is 24.3 Å². The lowest BCUT2D eigenvalue weighted by molar-refractivity contribution is -0.160. The van der Waals surface area contributed by atoms with Crippen LogP contribution >= 0.6 is 0 Å². The molecule has 2 unspecified atom stereocenters. The maximum absolute atomic E-state index is 14.2. The third-order valence-corrected chi connectivity index (χ3v) is 7.87. The second-order valence-corrected chi connectivity index (χ2v) is 10.8. The van der Waals surface area contributed by atoms with Crippen LogP contribution in [0.1, 0.15) is 53.9 Å². The minimum Gasteiger partial charge on any atom is -0.461 e. The molecule has 7 atom stereocenters. The molecule has 2 amide bonds. The minimum absolute atomic E-state index is 0.0155. The van der Waals surface area contributed by atoms with Crippen LogP contribution in [-0.4, -0.2) is 81.8 Å². The molecule has 1 spiro atoms. The number of carbonyl (C=O) groups excluding carboxylic acids is 3. The Morgan fingerprint density at radius 3 is 2.50 bits per heavy atom. The smallest absolute Gasteiger partial charge is 0.313 e. The lowest BCUT2D eigenvalue weighted by Crippen LogP contribution is -2.59. The van der Waals surface area contributed by atoms with Crippen molar-refractivity contribution in [2.45, 2.75) is 83.2 Å². The average Bonchev–Trinajstić information content (AvgIpc) is 3.03. The van der Waals surface area contributed by atoms with E-state index >= 15 is 0 Å². The first-order valence-corrected chi connectivity index (χ1v) is 12.6. The second-order valence-electron chi connectivity index (χ2n) is 10.8. The fourth-order valence-electron chi connectivity index (χ4n) is 6.50. The molecule has 0 radical (unpaired) electrons. The summed E-state index contributed by atoms with van der Waals surface area (Å²) >= 11 is 0. The number of nitrogens with zero attached hydrogens (tertiary/aromatic N) is 2. The summed E-state index contributed by atoms with van der Waals surface area (Å²) in [6, 6.07) is -1.52. The van der Waals surface area contributed by atoms with Gasteiger partial charge in [0.15, 0.2) is 0 Å². The Morgan fingerprint density at radius 1 is 1.12 bits per heavy atom. The average molecular weight is 475 g/mol. The van der Waals surface area contributed by atoms with Gasteiger partial charge in [-0.2, -0.15) is 0 Å². The molecular weight excluding hydrogens is 436 g/mol. The monoisotopic (exact) mass is 474 g/mol. The quantitative estimate of drug-likeness (QED) is 0.448. The second kappa shape index (κ2) is 9.11. The summed E-state index contributed by atoms with van der Waals surface area (Å²) in [4.78, 5) is 44.8. The van der Waals surface area contributed by atoms with Crippen LogP contribution < -0.4 is 0 Å². The van der Waals surface area contributed by atoms with E-state index in [9.17, 15) is 19.5 Å². The van der Waals surface area contributed by atoms with Crippen molar-refractivity contribution in [2.24, 2.45) is 17.8 Å². The molecule has 8 nitrogen and oxygen atoms in total. The zero-order chi connectivity index (χ0) is 24.8. The van der Waals surface area contributed by atoms with E-state index in [1.54, 1.807) is 24.0 Å². The van der Waals surface area contributed by atoms with Crippen LogP contribution in [0, 0.1) is 17.8 Å². The van der Waals surface area contributed by atoms with Gasteiger partial charge < -0.3 is 24.4 Å². The summed E-state index contributed by atoms with van der Waals surface area (Å²) in [5.74, 6) is -2.59. The first-order chi connectivity index (χ1) is 16.1. The Kier molecular flexibility index (Phi) is 6.68. The Labute approximate surface area is 201 Å². The van der Waals surface area contributed by atoms with Crippen LogP contribution in [0.4, 0.5) is 0 Å². The molecular formula is C26H38N2O6. The summed E-state index contributed by atoms with van der Waals surface area (Å²) in [6.07, 6.45) is 9.56. The first-order valence-electron chi connectivity index (χ1n) is 12.6. The predicted molar refractivity (Wildman–Crippen MR) is 125 cm³/mol. The van der Waals surface area contributed by atoms with Crippen LogP contribution in [0.5, 0.6) is 0 Å². The number of rotatable bonds is 7. The molecule has 34 heavy (non-hydrogen) atoms. The number of carbonyl (C=O) groups is 3.